The van der Waals surface area contributed by atoms with Crippen LogP contribution in [0.1, 0.15) is 30.1 Å². The first kappa shape index (κ1) is 11.9. The first-order chi connectivity index (χ1) is 8.19. The minimum absolute atomic E-state index is 0.00143. The Morgan fingerprint density at radius 3 is 3.00 bits per heavy atom. The van der Waals surface area contributed by atoms with E-state index in [0.717, 1.165) is 12.8 Å². The van der Waals surface area contributed by atoms with Gasteiger partial charge in [-0.05, 0) is 25.8 Å². The Kier molecular flexibility index (Phi) is 3.58. The Balaban J connectivity index is 1.83. The molecule has 0 bridgehead atoms. The summed E-state index contributed by atoms with van der Waals surface area (Å²) in [6.07, 6.45) is 4.71. The van der Waals surface area contributed by atoms with Crippen molar-refractivity contribution in [3.63, 3.8) is 0 Å². The Bertz CT molecular complexity index is 402. The molecule has 0 unspecified atom stereocenters. The number of ether oxygens (including phenoxy) is 1. The van der Waals surface area contributed by atoms with Crippen LogP contribution in [0.5, 0.6) is 5.75 Å². The average Bonchev–Trinajstić information content (AvgIpc) is 2.26. The van der Waals surface area contributed by atoms with Crippen molar-refractivity contribution in [2.24, 2.45) is 0 Å². The number of hydrogen-bond donors (Lipinski definition) is 2. The van der Waals surface area contributed by atoms with Crippen LogP contribution in [-0.2, 0) is 4.74 Å². The number of rotatable bonds is 4. The van der Waals surface area contributed by atoms with Gasteiger partial charge in [0.25, 0.3) is 5.91 Å². The number of aromatic hydroxyl groups is 1. The van der Waals surface area contributed by atoms with Crippen molar-refractivity contribution >= 4 is 5.91 Å². The van der Waals surface area contributed by atoms with Crippen molar-refractivity contribution in [2.45, 2.75) is 31.9 Å². The van der Waals surface area contributed by atoms with E-state index in [1.807, 2.05) is 6.92 Å². The van der Waals surface area contributed by atoms with Gasteiger partial charge in [-0.2, -0.15) is 0 Å². The van der Waals surface area contributed by atoms with E-state index >= 15 is 0 Å². The smallest absolute Gasteiger partial charge is 0.253 e. The summed E-state index contributed by atoms with van der Waals surface area (Å²) in [4.78, 5) is 15.5. The maximum Gasteiger partial charge on any atom is 0.253 e. The van der Waals surface area contributed by atoms with E-state index in [-0.39, 0.29) is 23.8 Å². The molecule has 1 saturated carbocycles. The summed E-state index contributed by atoms with van der Waals surface area (Å²) in [6, 6.07) is 1.57. The number of nitrogens with one attached hydrogen (secondary N) is 1. The molecule has 1 fully saturated rings. The molecule has 1 heterocycles. The Morgan fingerprint density at radius 1 is 1.59 bits per heavy atom. The number of amides is 1. The first-order valence-electron chi connectivity index (χ1n) is 5.75. The van der Waals surface area contributed by atoms with Crippen LogP contribution in [0.3, 0.4) is 0 Å². The Morgan fingerprint density at radius 2 is 2.35 bits per heavy atom. The van der Waals surface area contributed by atoms with Gasteiger partial charge in [0, 0.05) is 18.8 Å². The summed E-state index contributed by atoms with van der Waals surface area (Å²) < 4.78 is 5.41. The SMILES string of the molecule is CCOC1CC(NC(=O)c2cncc(O)c2)C1. The molecule has 1 aliphatic carbocycles. The van der Waals surface area contributed by atoms with Crippen molar-refractivity contribution in [3.8, 4) is 5.75 Å². The lowest BCUT2D eigenvalue weighted by Gasteiger charge is -2.35. The van der Waals surface area contributed by atoms with Crippen LogP contribution < -0.4 is 5.32 Å². The largest absolute Gasteiger partial charge is 0.506 e. The van der Waals surface area contributed by atoms with Gasteiger partial charge in [0.1, 0.15) is 5.75 Å². The third-order valence-corrected chi connectivity index (χ3v) is 2.82. The number of pyridine rings is 1. The van der Waals surface area contributed by atoms with Crippen molar-refractivity contribution in [3.05, 3.63) is 24.0 Å². The number of carbonyl (C=O) groups excluding carboxylic acids is 1. The zero-order valence-electron chi connectivity index (χ0n) is 9.72. The molecule has 5 nitrogen and oxygen atoms in total. The minimum atomic E-state index is -0.201. The van der Waals surface area contributed by atoms with Gasteiger partial charge in [-0.25, -0.2) is 0 Å². The lowest BCUT2D eigenvalue weighted by atomic mass is 9.89. The van der Waals surface area contributed by atoms with Crippen LogP contribution in [0.25, 0.3) is 0 Å². The van der Waals surface area contributed by atoms with Gasteiger partial charge in [-0.15, -0.1) is 0 Å². The first-order valence-corrected chi connectivity index (χ1v) is 5.75. The lowest BCUT2D eigenvalue weighted by molar-refractivity contribution is -0.00863. The second-order valence-corrected chi connectivity index (χ2v) is 4.15. The van der Waals surface area contributed by atoms with Gasteiger partial charge in [0.2, 0.25) is 0 Å². The monoisotopic (exact) mass is 236 g/mol. The second kappa shape index (κ2) is 5.14. The molecule has 1 amide bonds. The Labute approximate surface area is 99.8 Å². The van der Waals surface area contributed by atoms with E-state index in [4.69, 9.17) is 4.74 Å². The molecule has 0 radical (unpaired) electrons. The molecule has 0 saturated heterocycles. The average molecular weight is 236 g/mol. The molecular weight excluding hydrogens is 220 g/mol. The van der Waals surface area contributed by atoms with E-state index in [2.05, 4.69) is 10.3 Å². The number of aromatic nitrogens is 1. The summed E-state index contributed by atoms with van der Waals surface area (Å²) in [6.45, 7) is 2.67. The van der Waals surface area contributed by atoms with Gasteiger partial charge in [-0.1, -0.05) is 0 Å². The molecule has 5 heteroatoms. The number of hydrogen-bond acceptors (Lipinski definition) is 4. The zero-order chi connectivity index (χ0) is 12.3. The van der Waals surface area contributed by atoms with Crippen LogP contribution in [0.4, 0.5) is 0 Å². The summed E-state index contributed by atoms with van der Waals surface area (Å²) in [5.41, 5.74) is 0.379. The van der Waals surface area contributed by atoms with Crippen LogP contribution in [-0.4, -0.2) is 34.8 Å². The van der Waals surface area contributed by atoms with Gasteiger partial charge in [0.15, 0.2) is 0 Å². The summed E-state index contributed by atoms with van der Waals surface area (Å²) in [7, 11) is 0. The molecule has 0 aliphatic heterocycles. The second-order valence-electron chi connectivity index (χ2n) is 4.15. The molecule has 0 aromatic carbocycles. The fraction of sp³-hybridized carbons (Fsp3) is 0.500. The van der Waals surface area contributed by atoms with Crippen molar-refractivity contribution in [1.29, 1.82) is 0 Å². The maximum absolute atomic E-state index is 11.8. The molecule has 1 aliphatic rings. The van der Waals surface area contributed by atoms with E-state index in [1.54, 1.807) is 0 Å². The fourth-order valence-corrected chi connectivity index (χ4v) is 1.88. The Hall–Kier alpha value is -1.62. The van der Waals surface area contributed by atoms with Crippen molar-refractivity contribution < 1.29 is 14.6 Å². The highest BCUT2D eigenvalue weighted by Gasteiger charge is 2.30. The molecule has 1 aromatic rings. The van der Waals surface area contributed by atoms with Crippen LogP contribution in [0.15, 0.2) is 18.5 Å². The van der Waals surface area contributed by atoms with Crippen molar-refractivity contribution in [2.75, 3.05) is 6.61 Å². The molecule has 0 spiro atoms. The van der Waals surface area contributed by atoms with Crippen LogP contribution in [0.2, 0.25) is 0 Å². The highest BCUT2D eigenvalue weighted by atomic mass is 16.5. The maximum atomic E-state index is 11.8. The zero-order valence-corrected chi connectivity index (χ0v) is 9.72. The molecule has 17 heavy (non-hydrogen) atoms. The molecule has 0 atom stereocenters. The van der Waals surface area contributed by atoms with Crippen LogP contribution in [0, 0.1) is 0 Å². The standard InChI is InChI=1S/C12H16N2O3/c1-2-17-11-4-9(5-11)14-12(16)8-3-10(15)7-13-6-8/h3,6-7,9,11,15H,2,4-5H2,1H3,(H,14,16). The normalized spacial score (nSPS) is 22.9. The number of carbonyl (C=O) groups is 1. The van der Waals surface area contributed by atoms with E-state index < -0.39 is 0 Å². The summed E-state index contributed by atoms with van der Waals surface area (Å²) >= 11 is 0. The van der Waals surface area contributed by atoms with Gasteiger partial charge >= 0.3 is 0 Å². The van der Waals surface area contributed by atoms with E-state index in [0.29, 0.717) is 12.2 Å². The van der Waals surface area contributed by atoms with Crippen molar-refractivity contribution in [1.82, 2.24) is 10.3 Å². The molecule has 1 aromatic heterocycles. The topological polar surface area (TPSA) is 71.5 Å². The van der Waals surface area contributed by atoms with Gasteiger partial charge < -0.3 is 15.2 Å². The predicted octanol–water partition coefficient (Wildman–Crippen LogP) is 1.08. The predicted molar refractivity (Wildman–Crippen MR) is 61.8 cm³/mol. The fourth-order valence-electron chi connectivity index (χ4n) is 1.88. The highest BCUT2D eigenvalue weighted by molar-refractivity contribution is 5.94. The molecular formula is C12H16N2O3. The van der Waals surface area contributed by atoms with Gasteiger partial charge in [-0.3, -0.25) is 9.78 Å². The number of nitrogens with zero attached hydrogens (tertiary/aromatic N) is 1. The quantitative estimate of drug-likeness (QED) is 0.820. The van der Waals surface area contributed by atoms with Gasteiger partial charge in [0.05, 0.1) is 17.9 Å². The highest BCUT2D eigenvalue weighted by Crippen LogP contribution is 2.23. The lowest BCUT2D eigenvalue weighted by Crippen LogP contribution is -2.47. The third kappa shape index (κ3) is 2.94. The molecule has 2 rings (SSSR count). The summed E-state index contributed by atoms with van der Waals surface area (Å²) in [5, 5.41) is 12.1. The third-order valence-electron chi connectivity index (χ3n) is 2.82. The minimum Gasteiger partial charge on any atom is -0.506 e. The van der Waals surface area contributed by atoms with Crippen LogP contribution >= 0.6 is 0 Å². The van der Waals surface area contributed by atoms with E-state index in [1.165, 1.54) is 18.5 Å². The van der Waals surface area contributed by atoms with E-state index in [9.17, 15) is 9.90 Å². The summed E-state index contributed by atoms with van der Waals surface area (Å²) in [5.74, 6) is -0.202. The molecule has 92 valence electrons. The molecule has 2 N–H and O–H groups in total.